The van der Waals surface area contributed by atoms with Gasteiger partial charge in [-0.3, -0.25) is 14.9 Å². The molecule has 0 saturated carbocycles. The summed E-state index contributed by atoms with van der Waals surface area (Å²) in [5.41, 5.74) is 0.421. The number of benzene rings is 1. The van der Waals surface area contributed by atoms with Crippen LogP contribution in [0.2, 0.25) is 0 Å². The molecule has 0 spiro atoms. The molecule has 0 aliphatic heterocycles. The zero-order valence-electron chi connectivity index (χ0n) is 10.9. The Hall–Kier alpha value is -2.48. The molecule has 108 valence electrons. The number of nitro groups is 1. The molecule has 21 heavy (non-hydrogen) atoms. The average Bonchev–Trinajstić information content (AvgIpc) is 2.47. The molecule has 0 saturated heterocycles. The summed E-state index contributed by atoms with van der Waals surface area (Å²) in [4.78, 5) is 26.3. The summed E-state index contributed by atoms with van der Waals surface area (Å²) in [5, 5.41) is 13.3. The number of pyridine rings is 1. The molecule has 0 bridgehead atoms. The van der Waals surface area contributed by atoms with Crippen LogP contribution in [0.15, 0.2) is 41.0 Å². The van der Waals surface area contributed by atoms with Gasteiger partial charge < -0.3 is 10.1 Å². The molecule has 1 N–H and O–H groups in total. The lowest BCUT2D eigenvalue weighted by atomic mass is 10.2. The number of hydrogen-bond acceptors (Lipinski definition) is 5. The van der Waals surface area contributed by atoms with E-state index in [1.807, 2.05) is 0 Å². The van der Waals surface area contributed by atoms with Crippen molar-refractivity contribution in [3.63, 3.8) is 0 Å². The zero-order chi connectivity index (χ0) is 15.4. The maximum Gasteiger partial charge on any atom is 0.274 e. The summed E-state index contributed by atoms with van der Waals surface area (Å²) in [6, 6.07) is 8.86. The number of nitro benzene ring substituents is 1. The molecular weight excluding hydrogens is 342 g/mol. The molecule has 1 heterocycles. The molecule has 0 atom stereocenters. The lowest BCUT2D eigenvalue weighted by Crippen LogP contribution is -2.14. The SMILES string of the molecule is COc1cc([N+](=O)[O-])ccc1NC(=O)c1cccc(Br)n1. The molecular formula is C13H10BrN3O4. The average molecular weight is 352 g/mol. The Labute approximate surface area is 128 Å². The van der Waals surface area contributed by atoms with Gasteiger partial charge in [0.15, 0.2) is 0 Å². The number of nitrogens with one attached hydrogen (secondary N) is 1. The van der Waals surface area contributed by atoms with Gasteiger partial charge in [0.25, 0.3) is 11.6 Å². The maximum absolute atomic E-state index is 12.1. The van der Waals surface area contributed by atoms with Gasteiger partial charge in [-0.1, -0.05) is 6.07 Å². The van der Waals surface area contributed by atoms with Crippen molar-refractivity contribution >= 4 is 33.2 Å². The van der Waals surface area contributed by atoms with Crippen LogP contribution in [-0.4, -0.2) is 22.9 Å². The number of anilines is 1. The van der Waals surface area contributed by atoms with Gasteiger partial charge in [-0.25, -0.2) is 4.98 Å². The summed E-state index contributed by atoms with van der Waals surface area (Å²) in [6.07, 6.45) is 0. The van der Waals surface area contributed by atoms with Crippen molar-refractivity contribution in [2.75, 3.05) is 12.4 Å². The van der Waals surface area contributed by atoms with Crippen LogP contribution in [0.3, 0.4) is 0 Å². The molecule has 0 radical (unpaired) electrons. The number of hydrogen-bond donors (Lipinski definition) is 1. The zero-order valence-corrected chi connectivity index (χ0v) is 12.5. The number of rotatable bonds is 4. The second-order valence-electron chi connectivity index (χ2n) is 3.94. The minimum absolute atomic E-state index is 0.120. The number of halogens is 1. The first-order valence-corrected chi connectivity index (χ1v) is 6.57. The van der Waals surface area contributed by atoms with Crippen molar-refractivity contribution in [3.8, 4) is 5.75 Å². The van der Waals surface area contributed by atoms with Crippen LogP contribution in [0.1, 0.15) is 10.5 Å². The highest BCUT2D eigenvalue weighted by atomic mass is 79.9. The lowest BCUT2D eigenvalue weighted by molar-refractivity contribution is -0.384. The number of nitrogens with zero attached hydrogens (tertiary/aromatic N) is 2. The summed E-state index contributed by atoms with van der Waals surface area (Å²) in [5.74, 6) is -0.240. The van der Waals surface area contributed by atoms with E-state index in [0.717, 1.165) is 0 Å². The Morgan fingerprint density at radius 2 is 2.14 bits per heavy atom. The highest BCUT2D eigenvalue weighted by Crippen LogP contribution is 2.29. The quantitative estimate of drug-likeness (QED) is 0.519. The van der Waals surface area contributed by atoms with Gasteiger partial charge in [0.2, 0.25) is 0 Å². The van der Waals surface area contributed by atoms with E-state index in [1.165, 1.54) is 25.3 Å². The molecule has 2 rings (SSSR count). The first-order chi connectivity index (χ1) is 10.0. The highest BCUT2D eigenvalue weighted by Gasteiger charge is 2.15. The second kappa shape index (κ2) is 6.31. The first kappa shape index (κ1) is 14.9. The van der Waals surface area contributed by atoms with Crippen molar-refractivity contribution < 1.29 is 14.5 Å². The third-order valence-electron chi connectivity index (χ3n) is 2.59. The Bertz CT molecular complexity index is 706. The summed E-state index contributed by atoms with van der Waals surface area (Å²) in [7, 11) is 1.37. The van der Waals surface area contributed by atoms with Crippen LogP contribution in [0, 0.1) is 10.1 Å². The van der Waals surface area contributed by atoms with Crippen molar-refractivity contribution in [3.05, 3.63) is 56.8 Å². The normalized spacial score (nSPS) is 10.0. The second-order valence-corrected chi connectivity index (χ2v) is 4.75. The minimum Gasteiger partial charge on any atom is -0.494 e. The highest BCUT2D eigenvalue weighted by molar-refractivity contribution is 9.10. The lowest BCUT2D eigenvalue weighted by Gasteiger charge is -2.09. The standard InChI is InChI=1S/C13H10BrN3O4/c1-21-11-7-8(17(19)20)5-6-9(11)16-13(18)10-3-2-4-12(14)15-10/h2-7H,1H3,(H,16,18). The van der Waals surface area contributed by atoms with Crippen molar-refractivity contribution in [2.24, 2.45) is 0 Å². The number of aromatic nitrogens is 1. The number of amides is 1. The van der Waals surface area contributed by atoms with Crippen molar-refractivity contribution in [2.45, 2.75) is 0 Å². The van der Waals surface area contributed by atoms with Gasteiger partial charge in [0.05, 0.1) is 23.8 Å². The van der Waals surface area contributed by atoms with Crippen LogP contribution in [0.25, 0.3) is 0 Å². The fraction of sp³-hybridized carbons (Fsp3) is 0.0769. The third kappa shape index (κ3) is 3.54. The molecule has 0 unspecified atom stereocenters. The molecule has 0 aliphatic carbocycles. The third-order valence-corrected chi connectivity index (χ3v) is 3.03. The Morgan fingerprint density at radius 1 is 1.38 bits per heavy atom. The summed E-state index contributed by atoms with van der Waals surface area (Å²) in [6.45, 7) is 0. The molecule has 0 fully saturated rings. The van der Waals surface area contributed by atoms with Gasteiger partial charge in [-0.2, -0.15) is 0 Å². The van der Waals surface area contributed by atoms with Crippen LogP contribution >= 0.6 is 15.9 Å². The fourth-order valence-corrected chi connectivity index (χ4v) is 1.96. The van der Waals surface area contributed by atoms with Crippen molar-refractivity contribution in [1.29, 1.82) is 0 Å². The predicted molar refractivity (Wildman–Crippen MR) is 79.5 cm³/mol. The Morgan fingerprint density at radius 3 is 2.76 bits per heavy atom. The molecule has 0 aliphatic rings. The molecule has 7 nitrogen and oxygen atoms in total. The van der Waals surface area contributed by atoms with E-state index in [9.17, 15) is 14.9 Å². The van der Waals surface area contributed by atoms with E-state index in [1.54, 1.807) is 18.2 Å². The monoisotopic (exact) mass is 351 g/mol. The van der Waals surface area contributed by atoms with E-state index >= 15 is 0 Å². The number of carbonyl (C=O) groups is 1. The topological polar surface area (TPSA) is 94.4 Å². The molecule has 1 aromatic carbocycles. The van der Waals surface area contributed by atoms with Crippen LogP contribution < -0.4 is 10.1 Å². The summed E-state index contributed by atoms with van der Waals surface area (Å²) < 4.78 is 5.58. The Kier molecular flexibility index (Phi) is 4.49. The Balaban J connectivity index is 2.27. The first-order valence-electron chi connectivity index (χ1n) is 5.77. The molecule has 2 aromatic rings. The number of non-ortho nitro benzene ring substituents is 1. The minimum atomic E-state index is -0.538. The maximum atomic E-state index is 12.1. The van der Waals surface area contributed by atoms with E-state index in [-0.39, 0.29) is 17.1 Å². The summed E-state index contributed by atoms with van der Waals surface area (Å²) >= 11 is 3.18. The predicted octanol–water partition coefficient (Wildman–Crippen LogP) is 3.01. The van der Waals surface area contributed by atoms with E-state index in [2.05, 4.69) is 26.2 Å². The number of carbonyl (C=O) groups excluding carboxylic acids is 1. The van der Waals surface area contributed by atoms with Crippen LogP contribution in [0.4, 0.5) is 11.4 Å². The van der Waals surface area contributed by atoms with Gasteiger partial charge in [0, 0.05) is 6.07 Å². The largest absolute Gasteiger partial charge is 0.494 e. The van der Waals surface area contributed by atoms with Crippen molar-refractivity contribution in [1.82, 2.24) is 4.98 Å². The van der Waals surface area contributed by atoms with E-state index in [0.29, 0.717) is 10.3 Å². The molecule has 1 aromatic heterocycles. The van der Waals surface area contributed by atoms with E-state index < -0.39 is 10.8 Å². The van der Waals surface area contributed by atoms with Gasteiger partial charge in [-0.05, 0) is 34.1 Å². The number of ether oxygens (including phenoxy) is 1. The van der Waals surface area contributed by atoms with E-state index in [4.69, 9.17) is 4.74 Å². The fourth-order valence-electron chi connectivity index (χ4n) is 1.62. The molecule has 8 heteroatoms. The van der Waals surface area contributed by atoms with Gasteiger partial charge in [0.1, 0.15) is 16.0 Å². The van der Waals surface area contributed by atoms with Gasteiger partial charge >= 0.3 is 0 Å². The van der Waals surface area contributed by atoms with Crippen LogP contribution in [-0.2, 0) is 0 Å². The molecule has 1 amide bonds. The smallest absolute Gasteiger partial charge is 0.274 e. The van der Waals surface area contributed by atoms with Crippen LogP contribution in [0.5, 0.6) is 5.75 Å². The number of methoxy groups -OCH3 is 1. The van der Waals surface area contributed by atoms with Gasteiger partial charge in [-0.15, -0.1) is 0 Å².